The fourth-order valence-corrected chi connectivity index (χ4v) is 5.10. The van der Waals surface area contributed by atoms with Crippen molar-refractivity contribution in [1.82, 2.24) is 5.32 Å². The summed E-state index contributed by atoms with van der Waals surface area (Å²) in [6.45, 7) is 0. The van der Waals surface area contributed by atoms with E-state index >= 15 is 0 Å². The van der Waals surface area contributed by atoms with Crippen LogP contribution in [0.5, 0.6) is 11.5 Å². The van der Waals surface area contributed by atoms with Crippen molar-refractivity contribution in [2.75, 3.05) is 14.2 Å². The van der Waals surface area contributed by atoms with Crippen LogP contribution < -0.4 is 14.8 Å². The van der Waals surface area contributed by atoms with Gasteiger partial charge in [0.1, 0.15) is 0 Å². The quantitative estimate of drug-likeness (QED) is 0.370. The zero-order valence-electron chi connectivity index (χ0n) is 18.0. The zero-order valence-corrected chi connectivity index (χ0v) is 21.1. The largest absolute Gasteiger partial charge is 0.493 e. The molecule has 1 N–H and O–H groups in total. The standard InChI is InChI=1S/C26H21Br2NO4/c1-32-21-13-9-16(24(28)25(21)33-2)8-12-20(30)23-22(15-6-4-3-5-7-15)18-14-17(27)10-11-19(18)29-26(23)31/h3-14,18-19H,1-2H3,(H,29,31). The van der Waals surface area contributed by atoms with E-state index in [1.807, 2.05) is 54.6 Å². The highest BCUT2D eigenvalue weighted by molar-refractivity contribution is 9.12. The van der Waals surface area contributed by atoms with Gasteiger partial charge >= 0.3 is 0 Å². The van der Waals surface area contributed by atoms with Gasteiger partial charge in [-0.1, -0.05) is 64.5 Å². The molecule has 4 rings (SSSR count). The van der Waals surface area contributed by atoms with Crippen LogP contribution in [0.4, 0.5) is 0 Å². The second-order valence-electron chi connectivity index (χ2n) is 7.49. The molecule has 2 aromatic rings. The van der Waals surface area contributed by atoms with Crippen molar-refractivity contribution in [3.8, 4) is 11.5 Å². The van der Waals surface area contributed by atoms with Gasteiger partial charge in [0.25, 0.3) is 5.91 Å². The number of amides is 1. The van der Waals surface area contributed by atoms with Crippen molar-refractivity contribution < 1.29 is 19.1 Å². The molecule has 33 heavy (non-hydrogen) atoms. The van der Waals surface area contributed by atoms with Gasteiger partial charge in [0.15, 0.2) is 17.3 Å². The molecule has 0 aromatic heterocycles. The lowest BCUT2D eigenvalue weighted by Crippen LogP contribution is -2.46. The number of carbonyl (C=O) groups is 2. The second-order valence-corrected chi connectivity index (χ2v) is 9.20. The molecule has 168 valence electrons. The summed E-state index contributed by atoms with van der Waals surface area (Å²) >= 11 is 7.04. The summed E-state index contributed by atoms with van der Waals surface area (Å²) in [7, 11) is 3.11. The van der Waals surface area contributed by atoms with Gasteiger partial charge in [0, 0.05) is 10.4 Å². The van der Waals surface area contributed by atoms with Crippen molar-refractivity contribution in [1.29, 1.82) is 0 Å². The molecule has 0 radical (unpaired) electrons. The Morgan fingerprint density at radius 1 is 1.06 bits per heavy atom. The number of hydrogen-bond donors (Lipinski definition) is 1. The van der Waals surface area contributed by atoms with E-state index in [0.29, 0.717) is 21.5 Å². The Morgan fingerprint density at radius 3 is 2.52 bits per heavy atom. The average Bonchev–Trinajstić information content (AvgIpc) is 2.82. The summed E-state index contributed by atoms with van der Waals surface area (Å²) in [5.41, 5.74) is 2.42. The SMILES string of the molecule is COc1ccc(C=CC(=O)C2=C(c3ccccc3)C3C=C(Br)C=CC3NC2=O)c(Br)c1OC. The summed E-state index contributed by atoms with van der Waals surface area (Å²) < 4.78 is 12.3. The number of hydrogen-bond acceptors (Lipinski definition) is 4. The van der Waals surface area contributed by atoms with Gasteiger partial charge in [-0.25, -0.2) is 0 Å². The molecule has 7 heteroatoms. The van der Waals surface area contributed by atoms with E-state index in [4.69, 9.17) is 9.47 Å². The minimum atomic E-state index is -0.382. The third-order valence-electron chi connectivity index (χ3n) is 5.58. The minimum Gasteiger partial charge on any atom is -0.493 e. The van der Waals surface area contributed by atoms with Crippen LogP contribution in [0.2, 0.25) is 0 Å². The summed E-state index contributed by atoms with van der Waals surface area (Å²) in [6, 6.07) is 12.9. The number of fused-ring (bicyclic) bond motifs is 1. The van der Waals surface area contributed by atoms with Gasteiger partial charge in [0.05, 0.1) is 30.3 Å². The Bertz CT molecular complexity index is 1230. The number of nitrogens with one attached hydrogen (secondary N) is 1. The molecular weight excluding hydrogens is 550 g/mol. The molecule has 2 unspecified atom stereocenters. The second kappa shape index (κ2) is 9.93. The summed E-state index contributed by atoms with van der Waals surface area (Å²) in [4.78, 5) is 26.5. The van der Waals surface area contributed by atoms with Gasteiger partial charge in [-0.15, -0.1) is 0 Å². The summed E-state index contributed by atoms with van der Waals surface area (Å²) in [6.07, 6.45) is 8.95. The first-order valence-corrected chi connectivity index (χ1v) is 11.8. The van der Waals surface area contributed by atoms with Crippen LogP contribution in [-0.4, -0.2) is 32.0 Å². The lowest BCUT2D eigenvalue weighted by molar-refractivity contribution is -0.121. The highest BCUT2D eigenvalue weighted by Gasteiger charge is 2.37. The van der Waals surface area contributed by atoms with Crippen LogP contribution in [0.3, 0.4) is 0 Å². The van der Waals surface area contributed by atoms with Gasteiger partial charge in [-0.3, -0.25) is 9.59 Å². The molecule has 1 aliphatic carbocycles. The first-order valence-electron chi connectivity index (χ1n) is 10.2. The van der Waals surface area contributed by atoms with E-state index in [2.05, 4.69) is 37.2 Å². The maximum atomic E-state index is 13.4. The molecule has 0 fully saturated rings. The maximum absolute atomic E-state index is 13.4. The van der Waals surface area contributed by atoms with E-state index in [1.54, 1.807) is 26.4 Å². The first kappa shape index (κ1) is 23.3. The first-order chi connectivity index (χ1) is 15.9. The molecular formula is C26H21Br2NO4. The normalized spacial score (nSPS) is 19.8. The molecule has 2 aromatic carbocycles. The molecule has 0 spiro atoms. The van der Waals surface area contributed by atoms with E-state index < -0.39 is 0 Å². The number of rotatable bonds is 6. The zero-order chi connectivity index (χ0) is 23.5. The summed E-state index contributed by atoms with van der Waals surface area (Å²) in [5, 5.41) is 2.96. The Kier molecular flexibility index (Phi) is 7.00. The third-order valence-corrected chi connectivity index (χ3v) is 6.92. The van der Waals surface area contributed by atoms with Crippen molar-refractivity contribution in [2.24, 2.45) is 5.92 Å². The van der Waals surface area contributed by atoms with Crippen LogP contribution >= 0.6 is 31.9 Å². The average molecular weight is 571 g/mol. The van der Waals surface area contributed by atoms with E-state index in [9.17, 15) is 9.59 Å². The fraction of sp³-hybridized carbons (Fsp3) is 0.154. The predicted octanol–water partition coefficient (Wildman–Crippen LogP) is 5.47. The molecule has 1 amide bonds. The van der Waals surface area contributed by atoms with Gasteiger partial charge in [0.2, 0.25) is 0 Å². The molecule has 0 saturated heterocycles. The predicted molar refractivity (Wildman–Crippen MR) is 136 cm³/mol. The van der Waals surface area contributed by atoms with Crippen molar-refractivity contribution in [3.63, 3.8) is 0 Å². The molecule has 0 bridgehead atoms. The smallest absolute Gasteiger partial charge is 0.256 e. The van der Waals surface area contributed by atoms with Crippen LogP contribution in [0.25, 0.3) is 11.6 Å². The number of halogens is 2. The summed E-state index contributed by atoms with van der Waals surface area (Å²) in [5.74, 6) is 0.184. The molecule has 2 aliphatic rings. The molecule has 5 nitrogen and oxygen atoms in total. The number of methoxy groups -OCH3 is 2. The molecule has 1 heterocycles. The van der Waals surface area contributed by atoms with Gasteiger partial charge < -0.3 is 14.8 Å². The topological polar surface area (TPSA) is 64.6 Å². The van der Waals surface area contributed by atoms with E-state index in [-0.39, 0.29) is 29.2 Å². The van der Waals surface area contributed by atoms with Gasteiger partial charge in [-0.05, 0) is 56.9 Å². The molecule has 2 atom stereocenters. The van der Waals surface area contributed by atoms with Crippen molar-refractivity contribution in [2.45, 2.75) is 6.04 Å². The highest BCUT2D eigenvalue weighted by Crippen LogP contribution is 2.40. The molecule has 1 aliphatic heterocycles. The minimum absolute atomic E-state index is 0.141. The lowest BCUT2D eigenvalue weighted by Gasteiger charge is -2.34. The number of allylic oxidation sites excluding steroid dienone is 3. The van der Waals surface area contributed by atoms with E-state index in [1.165, 1.54) is 6.08 Å². The lowest BCUT2D eigenvalue weighted by atomic mass is 9.77. The Balaban J connectivity index is 1.79. The van der Waals surface area contributed by atoms with Crippen molar-refractivity contribution >= 4 is 55.2 Å². The molecule has 0 saturated carbocycles. The Labute approximate surface area is 209 Å². The Hall–Kier alpha value is -2.90. The van der Waals surface area contributed by atoms with Gasteiger partial charge in [-0.2, -0.15) is 0 Å². The number of carbonyl (C=O) groups excluding carboxylic acids is 2. The van der Waals surface area contributed by atoms with E-state index in [0.717, 1.165) is 15.6 Å². The Morgan fingerprint density at radius 2 is 1.82 bits per heavy atom. The van der Waals surface area contributed by atoms with Crippen molar-refractivity contribution in [3.05, 3.63) is 92.4 Å². The number of ether oxygens (including phenoxy) is 2. The number of benzene rings is 2. The maximum Gasteiger partial charge on any atom is 0.256 e. The number of ketones is 1. The van der Waals surface area contributed by atoms with Crippen LogP contribution in [0.1, 0.15) is 11.1 Å². The monoisotopic (exact) mass is 569 g/mol. The van der Waals surface area contributed by atoms with Crippen LogP contribution in [0, 0.1) is 5.92 Å². The third kappa shape index (κ3) is 4.61. The fourth-order valence-electron chi connectivity index (χ4n) is 4.04. The van der Waals surface area contributed by atoms with Crippen LogP contribution in [0.15, 0.2) is 81.3 Å². The highest BCUT2D eigenvalue weighted by atomic mass is 79.9. The van der Waals surface area contributed by atoms with Crippen LogP contribution in [-0.2, 0) is 9.59 Å².